The van der Waals surface area contributed by atoms with Gasteiger partial charge in [0.15, 0.2) is 0 Å². The van der Waals surface area contributed by atoms with Crippen LogP contribution in [-0.2, 0) is 11.2 Å². The van der Waals surface area contributed by atoms with E-state index >= 15 is 0 Å². The summed E-state index contributed by atoms with van der Waals surface area (Å²) in [6.07, 6.45) is 2.85. The Morgan fingerprint density at radius 3 is 2.70 bits per heavy atom. The zero-order valence-electron chi connectivity index (χ0n) is 17.9. The Bertz CT molecular complexity index is 1110. The molecule has 2 atom stereocenters. The van der Waals surface area contributed by atoms with Crippen molar-refractivity contribution in [3.8, 4) is 11.5 Å². The molecular weight excluding hydrogens is 484 g/mol. The number of hydrogen-bond acceptors (Lipinski definition) is 6. The normalized spacial score (nSPS) is 17.8. The Balaban J connectivity index is 1.24. The van der Waals surface area contributed by atoms with E-state index in [1.165, 1.54) is 11.8 Å². The molecule has 2 unspecified atom stereocenters. The summed E-state index contributed by atoms with van der Waals surface area (Å²) in [5.74, 6) is 0.654. The van der Waals surface area contributed by atoms with Gasteiger partial charge in [0.25, 0.3) is 5.91 Å². The molecule has 170 valence electrons. The van der Waals surface area contributed by atoms with E-state index in [1.54, 1.807) is 18.2 Å². The van der Waals surface area contributed by atoms with Crippen molar-refractivity contribution >= 4 is 28.1 Å². The standard InChI is InChI=1S/C25H25BrN4O3/c26-20-8-11-24(31)19(14-20)16-27-30-25(32)23-15-22(28-29-23)18-6-9-21(10-7-18)33-13-12-17-4-2-1-3-5-17/h1-11,14,16,22-23,28-29,31H,12-13,15H2,(H,30,32)/b27-16+. The van der Waals surface area contributed by atoms with Gasteiger partial charge in [0, 0.05) is 22.5 Å². The lowest BCUT2D eigenvalue weighted by molar-refractivity contribution is -0.122. The van der Waals surface area contributed by atoms with Crippen molar-refractivity contribution in [2.75, 3.05) is 6.61 Å². The molecule has 7 nitrogen and oxygen atoms in total. The SMILES string of the molecule is O=C(N/N=C/c1cc(Br)ccc1O)C1CC(c2ccc(OCCc3ccccc3)cc2)NN1. The maximum Gasteiger partial charge on any atom is 0.258 e. The van der Waals surface area contributed by atoms with Gasteiger partial charge in [-0.05, 0) is 47.9 Å². The van der Waals surface area contributed by atoms with Gasteiger partial charge >= 0.3 is 0 Å². The molecule has 33 heavy (non-hydrogen) atoms. The van der Waals surface area contributed by atoms with Crippen LogP contribution >= 0.6 is 15.9 Å². The molecule has 1 fully saturated rings. The van der Waals surface area contributed by atoms with Gasteiger partial charge in [0.1, 0.15) is 17.5 Å². The van der Waals surface area contributed by atoms with Crippen LogP contribution in [0.25, 0.3) is 0 Å². The van der Waals surface area contributed by atoms with Gasteiger partial charge in [-0.15, -0.1) is 0 Å². The van der Waals surface area contributed by atoms with Crippen LogP contribution in [0.5, 0.6) is 11.5 Å². The summed E-state index contributed by atoms with van der Waals surface area (Å²) in [5, 5.41) is 13.8. The Kier molecular flexibility index (Phi) is 7.72. The molecule has 0 saturated carbocycles. The number of phenolic OH excluding ortho intramolecular Hbond substituents is 1. The van der Waals surface area contributed by atoms with Crippen LogP contribution in [-0.4, -0.2) is 29.9 Å². The second-order valence-electron chi connectivity index (χ2n) is 7.72. The van der Waals surface area contributed by atoms with Gasteiger partial charge in [0.2, 0.25) is 0 Å². The lowest BCUT2D eigenvalue weighted by atomic mass is 10.0. The number of carbonyl (C=O) groups is 1. The number of amides is 1. The van der Waals surface area contributed by atoms with Gasteiger partial charge in [0.05, 0.1) is 12.8 Å². The monoisotopic (exact) mass is 508 g/mol. The van der Waals surface area contributed by atoms with Crippen LogP contribution in [0.1, 0.15) is 29.2 Å². The summed E-state index contributed by atoms with van der Waals surface area (Å²) in [4.78, 5) is 12.4. The van der Waals surface area contributed by atoms with E-state index in [0.29, 0.717) is 18.6 Å². The third-order valence-electron chi connectivity index (χ3n) is 5.37. The number of hydrazine groups is 1. The molecule has 1 heterocycles. The summed E-state index contributed by atoms with van der Waals surface area (Å²) < 4.78 is 6.66. The number of nitrogens with zero attached hydrogens (tertiary/aromatic N) is 1. The number of hydrogen-bond donors (Lipinski definition) is 4. The van der Waals surface area contributed by atoms with Gasteiger partial charge in [-0.2, -0.15) is 5.10 Å². The predicted molar refractivity (Wildman–Crippen MR) is 131 cm³/mol. The lowest BCUT2D eigenvalue weighted by Gasteiger charge is -2.11. The summed E-state index contributed by atoms with van der Waals surface area (Å²) >= 11 is 3.34. The molecular formula is C25H25BrN4O3. The molecule has 3 aromatic carbocycles. The zero-order chi connectivity index (χ0) is 23.0. The van der Waals surface area contributed by atoms with Gasteiger partial charge in [-0.25, -0.2) is 16.3 Å². The zero-order valence-corrected chi connectivity index (χ0v) is 19.5. The first-order valence-electron chi connectivity index (χ1n) is 10.7. The number of aromatic hydroxyl groups is 1. The summed E-state index contributed by atoms with van der Waals surface area (Å²) in [6.45, 7) is 0.618. The van der Waals surface area contributed by atoms with Crippen molar-refractivity contribution in [3.63, 3.8) is 0 Å². The first kappa shape index (κ1) is 23.0. The number of phenols is 1. The van der Waals surface area contributed by atoms with E-state index in [9.17, 15) is 9.90 Å². The largest absolute Gasteiger partial charge is 0.507 e. The van der Waals surface area contributed by atoms with Gasteiger partial charge in [-0.1, -0.05) is 58.4 Å². The lowest BCUT2D eigenvalue weighted by Crippen LogP contribution is -2.41. The fraction of sp³-hybridized carbons (Fsp3) is 0.200. The van der Waals surface area contributed by atoms with Crippen LogP contribution in [0.3, 0.4) is 0 Å². The van der Waals surface area contributed by atoms with Crippen molar-refractivity contribution in [2.45, 2.75) is 24.9 Å². The highest BCUT2D eigenvalue weighted by Crippen LogP contribution is 2.24. The topological polar surface area (TPSA) is 95.0 Å². The maximum atomic E-state index is 12.4. The fourth-order valence-electron chi connectivity index (χ4n) is 3.55. The third kappa shape index (κ3) is 6.41. The first-order chi connectivity index (χ1) is 16.1. The molecule has 0 aromatic heterocycles. The van der Waals surface area contributed by atoms with Crippen LogP contribution < -0.4 is 21.0 Å². The average molecular weight is 509 g/mol. The predicted octanol–water partition coefficient (Wildman–Crippen LogP) is 3.83. The van der Waals surface area contributed by atoms with Crippen molar-refractivity contribution in [2.24, 2.45) is 5.10 Å². The van der Waals surface area contributed by atoms with Crippen molar-refractivity contribution < 1.29 is 14.6 Å². The minimum atomic E-state index is -0.426. The molecule has 0 spiro atoms. The Labute approximate surface area is 201 Å². The van der Waals surface area contributed by atoms with Crippen molar-refractivity contribution in [1.29, 1.82) is 0 Å². The summed E-state index contributed by atoms with van der Waals surface area (Å²) in [6, 6.07) is 22.7. The molecule has 8 heteroatoms. The number of benzene rings is 3. The molecule has 1 amide bonds. The summed E-state index contributed by atoms with van der Waals surface area (Å²) in [7, 11) is 0. The molecule has 1 aliphatic rings. The minimum Gasteiger partial charge on any atom is -0.507 e. The van der Waals surface area contributed by atoms with Gasteiger partial charge < -0.3 is 9.84 Å². The van der Waals surface area contributed by atoms with Crippen molar-refractivity contribution in [1.82, 2.24) is 16.3 Å². The number of halogens is 1. The van der Waals surface area contributed by atoms with Crippen LogP contribution in [0, 0.1) is 0 Å². The Hall–Kier alpha value is -3.20. The van der Waals surface area contributed by atoms with E-state index in [-0.39, 0.29) is 17.7 Å². The molecule has 1 aliphatic heterocycles. The van der Waals surface area contributed by atoms with Crippen LogP contribution in [0.2, 0.25) is 0 Å². The van der Waals surface area contributed by atoms with E-state index in [1.807, 2.05) is 42.5 Å². The number of hydrazone groups is 1. The Morgan fingerprint density at radius 2 is 1.91 bits per heavy atom. The molecule has 3 aromatic rings. The van der Waals surface area contributed by atoms with Crippen LogP contribution in [0.15, 0.2) is 82.4 Å². The molecule has 0 bridgehead atoms. The summed E-state index contributed by atoms with van der Waals surface area (Å²) in [5.41, 5.74) is 11.5. The average Bonchev–Trinajstić information content (AvgIpc) is 3.33. The number of carbonyl (C=O) groups excluding carboxylic acids is 1. The minimum absolute atomic E-state index is 0.00257. The number of nitrogens with one attached hydrogen (secondary N) is 3. The fourth-order valence-corrected chi connectivity index (χ4v) is 3.93. The van der Waals surface area contributed by atoms with Crippen molar-refractivity contribution in [3.05, 3.63) is 94.0 Å². The van der Waals surface area contributed by atoms with E-state index < -0.39 is 6.04 Å². The van der Waals surface area contributed by atoms with Gasteiger partial charge in [-0.3, -0.25) is 4.79 Å². The quantitative estimate of drug-likeness (QED) is 0.274. The molecule has 0 aliphatic carbocycles. The third-order valence-corrected chi connectivity index (χ3v) is 5.87. The molecule has 4 N–H and O–H groups in total. The molecule has 4 rings (SSSR count). The highest BCUT2D eigenvalue weighted by atomic mass is 79.9. The maximum absolute atomic E-state index is 12.4. The second kappa shape index (κ2) is 11.1. The highest BCUT2D eigenvalue weighted by molar-refractivity contribution is 9.10. The highest BCUT2D eigenvalue weighted by Gasteiger charge is 2.30. The number of rotatable bonds is 8. The van der Waals surface area contributed by atoms with Crippen LogP contribution in [0.4, 0.5) is 0 Å². The molecule has 0 radical (unpaired) electrons. The molecule has 1 saturated heterocycles. The Morgan fingerprint density at radius 1 is 1.12 bits per heavy atom. The smallest absolute Gasteiger partial charge is 0.258 e. The number of ether oxygens (including phenoxy) is 1. The van der Waals surface area contributed by atoms with E-state index in [2.05, 4.69) is 49.4 Å². The first-order valence-corrected chi connectivity index (χ1v) is 11.5. The second-order valence-corrected chi connectivity index (χ2v) is 8.64. The van der Waals surface area contributed by atoms with E-state index in [0.717, 1.165) is 22.2 Å². The van der Waals surface area contributed by atoms with E-state index in [4.69, 9.17) is 4.74 Å².